The van der Waals surface area contributed by atoms with Gasteiger partial charge >= 0.3 is 0 Å². The molecule has 0 unspecified atom stereocenters. The normalized spacial score (nSPS) is 11.9. The Hall–Kier alpha value is -2.22. The van der Waals surface area contributed by atoms with Crippen molar-refractivity contribution in [3.05, 3.63) is 74.4 Å². The molecule has 0 radical (unpaired) electrons. The molecule has 1 aromatic carbocycles. The molecule has 1 atom stereocenters. The van der Waals surface area contributed by atoms with Gasteiger partial charge in [0.1, 0.15) is 17.7 Å². The van der Waals surface area contributed by atoms with Gasteiger partial charge in [0.05, 0.1) is 6.54 Å². The van der Waals surface area contributed by atoms with Crippen LogP contribution in [-0.2, 0) is 11.3 Å². The number of carbonyl (C=O) groups is 1. The molecule has 25 heavy (non-hydrogen) atoms. The average molecular weight is 377 g/mol. The van der Waals surface area contributed by atoms with E-state index in [2.05, 4.69) is 5.32 Å². The highest BCUT2D eigenvalue weighted by atomic mass is 32.1. The molecule has 0 aliphatic heterocycles. The van der Waals surface area contributed by atoms with Gasteiger partial charge in [-0.1, -0.05) is 6.07 Å². The number of nitrogens with one attached hydrogen (secondary N) is 1. The highest BCUT2D eigenvalue weighted by Gasteiger charge is 2.14. The van der Waals surface area contributed by atoms with E-state index in [9.17, 15) is 14.3 Å². The van der Waals surface area contributed by atoms with Crippen LogP contribution >= 0.6 is 22.7 Å². The number of benzene rings is 1. The quantitative estimate of drug-likeness (QED) is 0.660. The van der Waals surface area contributed by atoms with Crippen LogP contribution in [0.2, 0.25) is 0 Å². The smallest absolute Gasteiger partial charge is 0.258 e. The number of thiophene rings is 2. The van der Waals surface area contributed by atoms with Crippen LogP contribution in [0.5, 0.6) is 5.75 Å². The van der Waals surface area contributed by atoms with Gasteiger partial charge in [-0.3, -0.25) is 4.79 Å². The second-order valence-electron chi connectivity index (χ2n) is 5.24. The van der Waals surface area contributed by atoms with Crippen LogP contribution in [0.1, 0.15) is 20.7 Å². The Morgan fingerprint density at radius 2 is 1.96 bits per heavy atom. The van der Waals surface area contributed by atoms with Crippen molar-refractivity contribution in [2.24, 2.45) is 0 Å². The van der Waals surface area contributed by atoms with Crippen molar-refractivity contribution in [2.45, 2.75) is 12.6 Å². The van der Waals surface area contributed by atoms with E-state index >= 15 is 0 Å². The first-order chi connectivity index (χ1) is 12.1. The topological polar surface area (TPSA) is 58.6 Å². The first kappa shape index (κ1) is 17.6. The lowest BCUT2D eigenvalue weighted by molar-refractivity contribution is -0.123. The number of hydrogen-bond acceptors (Lipinski definition) is 5. The summed E-state index contributed by atoms with van der Waals surface area (Å²) < 4.78 is 18.1. The number of halogens is 1. The van der Waals surface area contributed by atoms with Crippen LogP contribution < -0.4 is 10.1 Å². The minimum absolute atomic E-state index is 0.137. The van der Waals surface area contributed by atoms with E-state index in [0.29, 0.717) is 12.3 Å². The van der Waals surface area contributed by atoms with Crippen LogP contribution in [0.15, 0.2) is 53.9 Å². The zero-order valence-corrected chi connectivity index (χ0v) is 14.8. The molecule has 0 saturated carbocycles. The second-order valence-corrected chi connectivity index (χ2v) is 7.42. The monoisotopic (exact) mass is 377 g/mol. The summed E-state index contributed by atoms with van der Waals surface area (Å²) in [7, 11) is 0. The van der Waals surface area contributed by atoms with Crippen molar-refractivity contribution in [2.75, 3.05) is 6.61 Å². The Bertz CT molecular complexity index is 815. The van der Waals surface area contributed by atoms with Gasteiger partial charge in [0.2, 0.25) is 0 Å². The fourth-order valence-corrected chi connectivity index (χ4v) is 3.90. The summed E-state index contributed by atoms with van der Waals surface area (Å²) in [6.45, 7) is 0.231. The third-order valence-corrected chi connectivity index (χ3v) is 5.47. The van der Waals surface area contributed by atoms with Crippen LogP contribution in [0, 0.1) is 5.82 Å². The maximum absolute atomic E-state index is 12.8. The van der Waals surface area contributed by atoms with Gasteiger partial charge < -0.3 is 15.2 Å². The minimum Gasteiger partial charge on any atom is -0.484 e. The number of amides is 1. The van der Waals surface area contributed by atoms with Gasteiger partial charge in [0.15, 0.2) is 6.61 Å². The Morgan fingerprint density at radius 3 is 2.68 bits per heavy atom. The number of rotatable bonds is 7. The minimum atomic E-state index is -0.628. The Morgan fingerprint density at radius 1 is 1.16 bits per heavy atom. The Kier molecular flexibility index (Phi) is 5.80. The molecule has 2 aromatic heterocycles. The molecule has 0 aliphatic carbocycles. The predicted octanol–water partition coefficient (Wildman–Crippen LogP) is 3.73. The third-order valence-electron chi connectivity index (χ3n) is 3.41. The molecule has 2 N–H and O–H groups in total. The van der Waals surface area contributed by atoms with Crippen molar-refractivity contribution in [3.63, 3.8) is 0 Å². The van der Waals surface area contributed by atoms with Crippen LogP contribution in [0.25, 0.3) is 0 Å². The Labute approximate surface area is 152 Å². The fourth-order valence-electron chi connectivity index (χ4n) is 2.14. The zero-order valence-electron chi connectivity index (χ0n) is 13.1. The molecule has 4 nitrogen and oxygen atoms in total. The number of hydrogen-bond donors (Lipinski definition) is 2. The highest BCUT2D eigenvalue weighted by molar-refractivity contribution is 7.12. The van der Waals surface area contributed by atoms with E-state index < -0.39 is 6.10 Å². The third kappa shape index (κ3) is 4.88. The van der Waals surface area contributed by atoms with Gasteiger partial charge in [0, 0.05) is 14.6 Å². The van der Waals surface area contributed by atoms with E-state index in [1.165, 1.54) is 46.9 Å². The first-order valence-corrected chi connectivity index (χ1v) is 9.26. The summed E-state index contributed by atoms with van der Waals surface area (Å²) in [5, 5.41) is 15.0. The van der Waals surface area contributed by atoms with Gasteiger partial charge in [0.25, 0.3) is 5.91 Å². The zero-order chi connectivity index (χ0) is 17.6. The van der Waals surface area contributed by atoms with Gasteiger partial charge in [-0.2, -0.15) is 0 Å². The number of aliphatic hydroxyl groups is 1. The Balaban J connectivity index is 1.47. The molecule has 0 fully saturated rings. The van der Waals surface area contributed by atoms with E-state index in [-0.39, 0.29) is 18.3 Å². The molecule has 0 saturated heterocycles. The molecule has 3 rings (SSSR count). The molecule has 7 heteroatoms. The van der Waals surface area contributed by atoms with E-state index in [4.69, 9.17) is 4.74 Å². The average Bonchev–Trinajstić information content (AvgIpc) is 3.30. The molecule has 130 valence electrons. The van der Waals surface area contributed by atoms with Crippen molar-refractivity contribution in [3.8, 4) is 5.75 Å². The van der Waals surface area contributed by atoms with Crippen molar-refractivity contribution < 1.29 is 19.0 Å². The lowest BCUT2D eigenvalue weighted by Gasteiger charge is -2.07. The van der Waals surface area contributed by atoms with Crippen molar-refractivity contribution in [1.82, 2.24) is 5.32 Å². The molecule has 1 amide bonds. The molecule has 3 aromatic rings. The lowest BCUT2D eigenvalue weighted by atomic mass is 10.2. The van der Waals surface area contributed by atoms with E-state index in [1.54, 1.807) is 0 Å². The van der Waals surface area contributed by atoms with Crippen LogP contribution in [0.4, 0.5) is 4.39 Å². The summed E-state index contributed by atoms with van der Waals surface area (Å²) >= 11 is 2.96. The standard InChI is InChI=1S/C18H16FNO3S2/c19-12-3-5-13(6-4-12)23-11-17(21)20-10-14-7-8-16(25-14)18(22)15-2-1-9-24-15/h1-9,18,22H,10-11H2,(H,20,21)/t18-/m0/s1. The van der Waals surface area contributed by atoms with Gasteiger partial charge in [-0.05, 0) is 47.8 Å². The van der Waals surface area contributed by atoms with Crippen LogP contribution in [-0.4, -0.2) is 17.6 Å². The highest BCUT2D eigenvalue weighted by Crippen LogP contribution is 2.30. The lowest BCUT2D eigenvalue weighted by Crippen LogP contribution is -2.28. The van der Waals surface area contributed by atoms with E-state index in [1.807, 2.05) is 29.6 Å². The SMILES string of the molecule is O=C(COc1ccc(F)cc1)NCc1ccc([C@@H](O)c2cccs2)s1. The van der Waals surface area contributed by atoms with E-state index in [0.717, 1.165) is 14.6 Å². The molecule has 0 bridgehead atoms. The predicted molar refractivity (Wildman–Crippen MR) is 96.4 cm³/mol. The summed E-state index contributed by atoms with van der Waals surface area (Å²) in [5.74, 6) is -0.179. The summed E-state index contributed by atoms with van der Waals surface area (Å²) in [6, 6.07) is 13.0. The molecule has 0 aliphatic rings. The number of ether oxygens (including phenoxy) is 1. The van der Waals surface area contributed by atoms with Crippen molar-refractivity contribution >= 4 is 28.6 Å². The summed E-state index contributed by atoms with van der Waals surface area (Å²) in [5.41, 5.74) is 0. The maximum atomic E-state index is 12.8. The summed E-state index contributed by atoms with van der Waals surface area (Å²) in [6.07, 6.45) is -0.628. The second kappa shape index (κ2) is 8.24. The molecule has 2 heterocycles. The summed E-state index contributed by atoms with van der Waals surface area (Å²) in [4.78, 5) is 14.5. The number of carbonyl (C=O) groups excluding carboxylic acids is 1. The molecular formula is C18H16FNO3S2. The van der Waals surface area contributed by atoms with Gasteiger partial charge in [-0.15, -0.1) is 22.7 Å². The van der Waals surface area contributed by atoms with Crippen molar-refractivity contribution in [1.29, 1.82) is 0 Å². The van der Waals surface area contributed by atoms with Crippen LogP contribution in [0.3, 0.4) is 0 Å². The maximum Gasteiger partial charge on any atom is 0.258 e. The fraction of sp³-hybridized carbons (Fsp3) is 0.167. The molecular weight excluding hydrogens is 361 g/mol. The number of aliphatic hydroxyl groups excluding tert-OH is 1. The first-order valence-electron chi connectivity index (χ1n) is 7.57. The molecule has 0 spiro atoms. The van der Waals surface area contributed by atoms with Gasteiger partial charge in [-0.25, -0.2) is 4.39 Å². The largest absolute Gasteiger partial charge is 0.484 e.